The van der Waals surface area contributed by atoms with E-state index in [1.54, 1.807) is 24.3 Å². The third-order valence-electron chi connectivity index (χ3n) is 5.82. The van der Waals surface area contributed by atoms with Gasteiger partial charge in [-0.1, -0.05) is 0 Å². The highest BCUT2D eigenvalue weighted by Gasteiger charge is 2.16. The molecule has 0 saturated heterocycles. The molecule has 0 aliphatic carbocycles. The van der Waals surface area contributed by atoms with E-state index in [9.17, 15) is 9.59 Å². The Morgan fingerprint density at radius 1 is 0.688 bits per heavy atom. The van der Waals surface area contributed by atoms with Crippen LogP contribution in [-0.2, 0) is 0 Å². The molecular formula is C22H18N4O2S4. The average molecular weight is 499 g/mol. The van der Waals surface area contributed by atoms with Crippen LogP contribution in [0, 0.1) is 37.2 Å². The van der Waals surface area contributed by atoms with Gasteiger partial charge in [0.1, 0.15) is 9.66 Å². The van der Waals surface area contributed by atoms with E-state index in [0.29, 0.717) is 31.7 Å². The number of aromatic nitrogens is 4. The van der Waals surface area contributed by atoms with Crippen molar-refractivity contribution in [3.63, 3.8) is 0 Å². The van der Waals surface area contributed by atoms with Crippen LogP contribution in [0.5, 0.6) is 0 Å². The van der Waals surface area contributed by atoms with Crippen molar-refractivity contribution in [2.45, 2.75) is 27.7 Å². The monoisotopic (exact) mass is 498 g/mol. The molecule has 4 aromatic heterocycles. The van der Waals surface area contributed by atoms with Crippen molar-refractivity contribution in [3.05, 3.63) is 75.4 Å². The number of rotatable bonds is 2. The van der Waals surface area contributed by atoms with Gasteiger partial charge in [0.2, 0.25) is 0 Å². The highest BCUT2D eigenvalue weighted by molar-refractivity contribution is 7.71. The van der Waals surface area contributed by atoms with Crippen LogP contribution in [0.4, 0.5) is 0 Å². The summed E-state index contributed by atoms with van der Waals surface area (Å²) < 4.78 is 3.63. The van der Waals surface area contributed by atoms with E-state index in [4.69, 9.17) is 24.4 Å². The van der Waals surface area contributed by atoms with E-state index in [1.165, 1.54) is 31.8 Å². The van der Waals surface area contributed by atoms with Gasteiger partial charge in [-0.05, 0) is 87.5 Å². The van der Waals surface area contributed by atoms with Gasteiger partial charge in [0.25, 0.3) is 11.1 Å². The van der Waals surface area contributed by atoms with Gasteiger partial charge in [-0.2, -0.15) is 0 Å². The van der Waals surface area contributed by atoms with Gasteiger partial charge in [0.15, 0.2) is 9.54 Å². The SMILES string of the molecule is Cc1sc2[nH]c(=S)n(-c3ccc(-n4c(=S)[nH]c5sc(C)c(C)c5c4=O)cc3)c(=O)c2c1C. The zero-order valence-corrected chi connectivity index (χ0v) is 20.9. The summed E-state index contributed by atoms with van der Waals surface area (Å²) >= 11 is 14.0. The molecule has 0 atom stereocenters. The van der Waals surface area contributed by atoms with Crippen LogP contribution in [0.25, 0.3) is 31.8 Å². The first-order valence-corrected chi connectivity index (χ1v) is 12.2. The Kier molecular flexibility index (Phi) is 4.93. The van der Waals surface area contributed by atoms with Crippen LogP contribution in [-0.4, -0.2) is 19.1 Å². The second-order valence-corrected chi connectivity index (χ2v) is 10.9. The molecule has 0 aliphatic rings. The second-order valence-electron chi connectivity index (χ2n) is 7.63. The van der Waals surface area contributed by atoms with Crippen molar-refractivity contribution in [1.29, 1.82) is 0 Å². The van der Waals surface area contributed by atoms with Gasteiger partial charge < -0.3 is 9.97 Å². The molecular weight excluding hydrogens is 481 g/mol. The van der Waals surface area contributed by atoms with Crippen LogP contribution in [0.15, 0.2) is 33.9 Å². The van der Waals surface area contributed by atoms with E-state index >= 15 is 0 Å². The number of hydrogen-bond acceptors (Lipinski definition) is 6. The molecule has 0 aliphatic heterocycles. The molecule has 0 saturated carbocycles. The fraction of sp³-hybridized carbons (Fsp3) is 0.182. The second kappa shape index (κ2) is 7.45. The Balaban J connectivity index is 1.70. The summed E-state index contributed by atoms with van der Waals surface area (Å²) in [5.74, 6) is 0. The highest BCUT2D eigenvalue weighted by Crippen LogP contribution is 2.28. The molecule has 0 fully saturated rings. The van der Waals surface area contributed by atoms with Crippen molar-refractivity contribution in [3.8, 4) is 11.4 Å². The smallest absolute Gasteiger partial charge is 0.267 e. The maximum atomic E-state index is 13.2. The number of benzene rings is 1. The Morgan fingerprint density at radius 3 is 1.38 bits per heavy atom. The van der Waals surface area contributed by atoms with Crippen molar-refractivity contribution in [1.82, 2.24) is 19.1 Å². The van der Waals surface area contributed by atoms with E-state index in [-0.39, 0.29) is 11.1 Å². The molecule has 0 unspecified atom stereocenters. The molecule has 6 nitrogen and oxygen atoms in total. The molecule has 1 aromatic carbocycles. The number of hydrogen-bond donors (Lipinski definition) is 2. The zero-order chi connectivity index (χ0) is 22.9. The van der Waals surface area contributed by atoms with Gasteiger partial charge >= 0.3 is 0 Å². The molecule has 0 bridgehead atoms. The number of aryl methyl sites for hydroxylation is 4. The van der Waals surface area contributed by atoms with Crippen LogP contribution in [0.2, 0.25) is 0 Å². The van der Waals surface area contributed by atoms with Crippen molar-refractivity contribution < 1.29 is 0 Å². The molecule has 5 aromatic rings. The molecule has 0 radical (unpaired) electrons. The Hall–Kier alpha value is -2.66. The fourth-order valence-electron chi connectivity index (χ4n) is 3.88. The van der Waals surface area contributed by atoms with Gasteiger partial charge in [-0.25, -0.2) is 0 Å². The number of fused-ring (bicyclic) bond motifs is 2. The standard InChI is InChI=1S/C22H18N4O2S4/c1-9-11(3)31-17-15(9)19(27)25(21(29)23-17)13-5-7-14(8-6-13)26-20(28)16-10(2)12(4)32-18(16)24-22(26)30/h5-8H,1-4H3,(H,23,29)(H,24,30). The maximum absolute atomic E-state index is 13.2. The topological polar surface area (TPSA) is 75.6 Å². The number of thiophene rings is 2. The number of nitrogens with zero attached hydrogens (tertiary/aromatic N) is 2. The van der Waals surface area contributed by atoms with Crippen LogP contribution in [0.3, 0.4) is 0 Å². The number of aromatic amines is 2. The molecule has 0 spiro atoms. The molecule has 162 valence electrons. The summed E-state index contributed by atoms with van der Waals surface area (Å²) in [5, 5.41) is 1.30. The third-order valence-corrected chi connectivity index (χ3v) is 8.63. The minimum Gasteiger partial charge on any atom is -0.323 e. The molecule has 2 N–H and O–H groups in total. The third kappa shape index (κ3) is 3.01. The summed E-state index contributed by atoms with van der Waals surface area (Å²) in [6.07, 6.45) is 0. The molecule has 10 heteroatoms. The van der Waals surface area contributed by atoms with Gasteiger partial charge in [-0.15, -0.1) is 22.7 Å². The van der Waals surface area contributed by atoms with Crippen LogP contribution < -0.4 is 11.1 Å². The first-order chi connectivity index (χ1) is 15.2. The van der Waals surface area contributed by atoms with Crippen LogP contribution in [0.1, 0.15) is 20.9 Å². The quantitative estimate of drug-likeness (QED) is 0.303. The van der Waals surface area contributed by atoms with E-state index < -0.39 is 0 Å². The summed E-state index contributed by atoms with van der Waals surface area (Å²) in [6, 6.07) is 7.10. The minimum atomic E-state index is -0.154. The lowest BCUT2D eigenvalue weighted by molar-refractivity contribution is 0.924. The summed E-state index contributed by atoms with van der Waals surface area (Å²) in [4.78, 5) is 36.6. The molecule has 5 rings (SSSR count). The van der Waals surface area contributed by atoms with Crippen molar-refractivity contribution in [2.24, 2.45) is 0 Å². The number of H-pyrrole nitrogens is 2. The largest absolute Gasteiger partial charge is 0.323 e. The normalized spacial score (nSPS) is 11.6. The highest BCUT2D eigenvalue weighted by atomic mass is 32.1. The summed E-state index contributed by atoms with van der Waals surface area (Å²) in [6.45, 7) is 7.87. The first-order valence-electron chi connectivity index (χ1n) is 9.80. The summed E-state index contributed by atoms with van der Waals surface area (Å²) in [5.41, 5.74) is 2.85. The Morgan fingerprint density at radius 2 is 1.03 bits per heavy atom. The Labute approximate surface area is 200 Å². The first kappa shape index (κ1) is 21.2. The Bertz CT molecular complexity index is 1660. The summed E-state index contributed by atoms with van der Waals surface area (Å²) in [7, 11) is 0. The molecule has 4 heterocycles. The minimum absolute atomic E-state index is 0.154. The van der Waals surface area contributed by atoms with Crippen molar-refractivity contribution in [2.75, 3.05) is 0 Å². The van der Waals surface area contributed by atoms with Gasteiger partial charge in [0.05, 0.1) is 22.1 Å². The van der Waals surface area contributed by atoms with E-state index in [1.807, 2.05) is 27.7 Å². The van der Waals surface area contributed by atoms with Crippen molar-refractivity contribution >= 4 is 67.5 Å². The molecule has 32 heavy (non-hydrogen) atoms. The predicted octanol–water partition coefficient (Wildman–Crippen LogP) is 5.77. The average Bonchev–Trinajstić information content (AvgIpc) is 3.17. The lowest BCUT2D eigenvalue weighted by Gasteiger charge is -2.10. The van der Waals surface area contributed by atoms with Crippen LogP contribution >= 0.6 is 47.1 Å². The van der Waals surface area contributed by atoms with Gasteiger partial charge in [-0.3, -0.25) is 18.7 Å². The maximum Gasteiger partial charge on any atom is 0.267 e. The van der Waals surface area contributed by atoms with E-state index in [2.05, 4.69) is 9.97 Å². The lowest BCUT2D eigenvalue weighted by Crippen LogP contribution is -2.22. The zero-order valence-electron chi connectivity index (χ0n) is 17.7. The van der Waals surface area contributed by atoms with Gasteiger partial charge in [0, 0.05) is 9.75 Å². The molecule has 0 amide bonds. The predicted molar refractivity (Wildman–Crippen MR) is 138 cm³/mol. The van der Waals surface area contributed by atoms with E-state index in [0.717, 1.165) is 30.5 Å². The fourth-order valence-corrected chi connectivity index (χ4v) is 6.69. The number of nitrogens with one attached hydrogen (secondary N) is 2. The lowest BCUT2D eigenvalue weighted by atomic mass is 10.2.